The van der Waals surface area contributed by atoms with E-state index in [1.807, 2.05) is 47.2 Å². The third-order valence-electron chi connectivity index (χ3n) is 4.43. The zero-order valence-electron chi connectivity index (χ0n) is 17.4. The molecule has 0 saturated carbocycles. The molecule has 1 N–H and O–H groups in total. The summed E-state index contributed by atoms with van der Waals surface area (Å²) in [6.07, 6.45) is 7.60. The van der Waals surface area contributed by atoms with Crippen molar-refractivity contribution in [1.82, 2.24) is 19.6 Å². The van der Waals surface area contributed by atoms with Crippen LogP contribution in [0.15, 0.2) is 72.5 Å². The number of nitrogens with zero attached hydrogens (tertiary/aromatic N) is 4. The minimum atomic E-state index is 0.165. The summed E-state index contributed by atoms with van der Waals surface area (Å²) in [6.45, 7) is 7.26. The van der Waals surface area contributed by atoms with Crippen LogP contribution in [0.1, 0.15) is 31.9 Å². The van der Waals surface area contributed by atoms with E-state index in [4.69, 9.17) is 4.98 Å². The molecule has 0 aliphatic carbocycles. The van der Waals surface area contributed by atoms with E-state index in [0.29, 0.717) is 6.54 Å². The molecule has 0 unspecified atom stereocenters. The monoisotopic (exact) mass is 415 g/mol. The summed E-state index contributed by atoms with van der Waals surface area (Å²) in [6, 6.07) is 16.3. The highest BCUT2D eigenvalue weighted by Gasteiger charge is 2.12. The number of benzene rings is 1. The van der Waals surface area contributed by atoms with E-state index in [-0.39, 0.29) is 4.75 Å². The normalized spacial score (nSPS) is 12.0. The van der Waals surface area contributed by atoms with E-state index in [9.17, 15) is 0 Å². The Bertz CT molecular complexity index is 1140. The van der Waals surface area contributed by atoms with Crippen LogP contribution < -0.4 is 5.32 Å². The van der Waals surface area contributed by atoms with Crippen molar-refractivity contribution >= 4 is 29.3 Å². The molecule has 0 amide bonds. The first kappa shape index (κ1) is 20.2. The van der Waals surface area contributed by atoms with E-state index in [2.05, 4.69) is 65.9 Å². The molecule has 3 aromatic heterocycles. The quantitative estimate of drug-likeness (QED) is 0.424. The lowest BCUT2D eigenvalue weighted by molar-refractivity contribution is 0.808. The molecule has 5 nitrogen and oxygen atoms in total. The van der Waals surface area contributed by atoms with Gasteiger partial charge in [-0.3, -0.25) is 4.98 Å². The molecule has 0 bridgehead atoms. The summed E-state index contributed by atoms with van der Waals surface area (Å²) in [4.78, 5) is 9.12. The fraction of sp³-hybridized carbons (Fsp3) is 0.208. The van der Waals surface area contributed by atoms with Crippen LogP contribution in [0.5, 0.6) is 0 Å². The van der Waals surface area contributed by atoms with Crippen LogP contribution in [0.4, 0.5) is 5.82 Å². The molecule has 4 aromatic rings. The average Bonchev–Trinajstić information content (AvgIpc) is 3.15. The fourth-order valence-electron chi connectivity index (χ4n) is 2.99. The number of rotatable bonds is 6. The third-order valence-corrected chi connectivity index (χ3v) is 5.41. The van der Waals surface area contributed by atoms with E-state index >= 15 is 0 Å². The maximum atomic E-state index is 4.92. The molecular weight excluding hydrogens is 390 g/mol. The summed E-state index contributed by atoms with van der Waals surface area (Å²) in [7, 11) is 0. The van der Waals surface area contributed by atoms with Crippen LogP contribution in [-0.4, -0.2) is 24.3 Å². The third kappa shape index (κ3) is 4.89. The van der Waals surface area contributed by atoms with Crippen molar-refractivity contribution in [1.29, 1.82) is 0 Å². The SMILES string of the molecule is CC(C)(C)S/C=C/c1cnn2c(NCc3cccnc3)cc(-c3ccccc3)nc12. The molecule has 0 saturated heterocycles. The Morgan fingerprint density at radius 1 is 1.07 bits per heavy atom. The van der Waals surface area contributed by atoms with Crippen molar-refractivity contribution in [2.45, 2.75) is 32.1 Å². The molecule has 0 fully saturated rings. The Balaban J connectivity index is 1.73. The van der Waals surface area contributed by atoms with Gasteiger partial charge in [0, 0.05) is 40.9 Å². The highest BCUT2D eigenvalue weighted by Crippen LogP contribution is 2.27. The highest BCUT2D eigenvalue weighted by atomic mass is 32.2. The van der Waals surface area contributed by atoms with Crippen LogP contribution in [0.3, 0.4) is 0 Å². The number of aromatic nitrogens is 4. The molecule has 30 heavy (non-hydrogen) atoms. The van der Waals surface area contributed by atoms with E-state index in [1.54, 1.807) is 18.0 Å². The standard InChI is InChI=1S/C24H25N5S/c1-24(2,3)30-13-11-20-17-27-29-22(26-16-18-8-7-12-25-15-18)14-21(28-23(20)29)19-9-5-4-6-10-19/h4-15,17,26H,16H2,1-3H3/b13-11+. The molecule has 4 rings (SSSR count). The summed E-state index contributed by atoms with van der Waals surface area (Å²) >= 11 is 1.78. The number of hydrogen-bond donors (Lipinski definition) is 1. The van der Waals surface area contributed by atoms with Gasteiger partial charge in [-0.2, -0.15) is 9.61 Å². The summed E-state index contributed by atoms with van der Waals surface area (Å²) < 4.78 is 2.03. The molecule has 0 aliphatic heterocycles. The Morgan fingerprint density at radius 3 is 2.63 bits per heavy atom. The molecule has 3 heterocycles. The van der Waals surface area contributed by atoms with Gasteiger partial charge in [0.25, 0.3) is 0 Å². The van der Waals surface area contributed by atoms with Gasteiger partial charge in [0.1, 0.15) is 5.82 Å². The van der Waals surface area contributed by atoms with Crippen molar-refractivity contribution in [3.05, 3.63) is 83.7 Å². The first-order chi connectivity index (χ1) is 14.5. The minimum Gasteiger partial charge on any atom is -0.366 e. The second kappa shape index (κ2) is 8.71. The van der Waals surface area contributed by atoms with Crippen molar-refractivity contribution < 1.29 is 0 Å². The number of thioether (sulfide) groups is 1. The Kier molecular flexibility index (Phi) is 5.86. The van der Waals surface area contributed by atoms with Crippen molar-refractivity contribution in [2.75, 3.05) is 5.32 Å². The smallest absolute Gasteiger partial charge is 0.165 e. The van der Waals surface area contributed by atoms with Gasteiger partial charge >= 0.3 is 0 Å². The van der Waals surface area contributed by atoms with Gasteiger partial charge in [-0.25, -0.2) is 4.98 Å². The molecule has 152 valence electrons. The van der Waals surface area contributed by atoms with Gasteiger partial charge in [0.05, 0.1) is 11.9 Å². The maximum Gasteiger partial charge on any atom is 0.165 e. The number of pyridine rings is 1. The molecule has 0 radical (unpaired) electrons. The predicted octanol–water partition coefficient (Wildman–Crippen LogP) is 5.91. The molecule has 1 aromatic carbocycles. The number of anilines is 1. The van der Waals surface area contributed by atoms with Crippen LogP contribution in [0.25, 0.3) is 23.0 Å². The number of nitrogens with one attached hydrogen (secondary N) is 1. The fourth-order valence-corrected chi connectivity index (χ4v) is 3.61. The zero-order valence-corrected chi connectivity index (χ0v) is 18.2. The van der Waals surface area contributed by atoms with Crippen LogP contribution >= 0.6 is 11.8 Å². The zero-order chi connectivity index (χ0) is 21.0. The highest BCUT2D eigenvalue weighted by molar-refractivity contribution is 8.03. The molecule has 0 spiro atoms. The molecule has 0 atom stereocenters. The van der Waals surface area contributed by atoms with Crippen molar-refractivity contribution in [3.8, 4) is 11.3 Å². The van der Waals surface area contributed by atoms with Gasteiger partial charge in [-0.05, 0) is 23.1 Å². The lowest BCUT2D eigenvalue weighted by Gasteiger charge is -2.13. The lowest BCUT2D eigenvalue weighted by Crippen LogP contribution is -2.07. The number of fused-ring (bicyclic) bond motifs is 1. The Morgan fingerprint density at radius 2 is 1.90 bits per heavy atom. The van der Waals surface area contributed by atoms with Crippen molar-refractivity contribution in [3.63, 3.8) is 0 Å². The van der Waals surface area contributed by atoms with Crippen LogP contribution in [0.2, 0.25) is 0 Å². The number of hydrogen-bond acceptors (Lipinski definition) is 5. The second-order valence-corrected chi connectivity index (χ2v) is 9.71. The average molecular weight is 416 g/mol. The molecular formula is C24H25N5S. The lowest BCUT2D eigenvalue weighted by atomic mass is 10.1. The van der Waals surface area contributed by atoms with Crippen molar-refractivity contribution in [2.24, 2.45) is 0 Å². The molecule has 6 heteroatoms. The summed E-state index contributed by atoms with van der Waals surface area (Å²) in [5.41, 5.74) is 4.92. The summed E-state index contributed by atoms with van der Waals surface area (Å²) in [5, 5.41) is 10.2. The van der Waals surface area contributed by atoms with Crippen LogP contribution in [0, 0.1) is 0 Å². The van der Waals surface area contributed by atoms with Gasteiger partial charge in [0.15, 0.2) is 5.65 Å². The van der Waals surface area contributed by atoms with Gasteiger partial charge < -0.3 is 5.32 Å². The van der Waals surface area contributed by atoms with Gasteiger partial charge in [-0.1, -0.05) is 57.2 Å². The van der Waals surface area contributed by atoms with Crippen LogP contribution in [-0.2, 0) is 6.54 Å². The Labute approximate surface area is 181 Å². The van der Waals surface area contributed by atoms with Gasteiger partial charge in [0.2, 0.25) is 0 Å². The van der Waals surface area contributed by atoms with E-state index < -0.39 is 0 Å². The second-order valence-electron chi connectivity index (χ2n) is 7.98. The molecule has 0 aliphatic rings. The largest absolute Gasteiger partial charge is 0.366 e. The predicted molar refractivity (Wildman–Crippen MR) is 126 cm³/mol. The Hall–Kier alpha value is -3.12. The van der Waals surface area contributed by atoms with E-state index in [0.717, 1.165) is 33.8 Å². The van der Waals surface area contributed by atoms with Gasteiger partial charge in [-0.15, -0.1) is 11.8 Å². The summed E-state index contributed by atoms with van der Waals surface area (Å²) in [5.74, 6) is 0.894. The topological polar surface area (TPSA) is 55.1 Å². The van der Waals surface area contributed by atoms with E-state index in [1.165, 1.54) is 0 Å². The first-order valence-electron chi connectivity index (χ1n) is 9.91. The minimum absolute atomic E-state index is 0.165. The maximum absolute atomic E-state index is 4.92. The first-order valence-corrected chi connectivity index (χ1v) is 10.8.